The summed E-state index contributed by atoms with van der Waals surface area (Å²) in [6.07, 6.45) is 0. The zero-order valence-corrected chi connectivity index (χ0v) is 7.01. The molecule has 57 valence electrons. The fourth-order valence-electron chi connectivity index (χ4n) is 0.196. The Morgan fingerprint density at radius 3 is 2.10 bits per heavy atom. The maximum atomic E-state index is 6.50. The molecule has 0 aliphatic carbocycles. The van der Waals surface area contributed by atoms with Crippen molar-refractivity contribution in [3.63, 3.8) is 0 Å². The first-order valence-corrected chi connectivity index (χ1v) is 2.94. The molecule has 3 heteroatoms. The molecule has 1 heterocycles. The fourth-order valence-corrected chi connectivity index (χ4v) is 0.589. The molecule has 0 fully saturated rings. The van der Waals surface area contributed by atoms with E-state index < -0.39 is 0 Å². The molecule has 0 aliphatic rings. The molecule has 0 spiro atoms. The van der Waals surface area contributed by atoms with E-state index in [0.29, 0.717) is 0 Å². The van der Waals surface area contributed by atoms with E-state index in [1.54, 1.807) is 11.3 Å². The summed E-state index contributed by atoms with van der Waals surface area (Å²) in [4.78, 5) is 0. The van der Waals surface area contributed by atoms with Crippen LogP contribution in [0.2, 0.25) is 0 Å². The van der Waals surface area contributed by atoms with E-state index in [4.69, 9.17) is 5.26 Å². The summed E-state index contributed by atoms with van der Waals surface area (Å²) in [7, 11) is 0. The molecule has 1 nitrogen and oxygen atoms in total. The average molecular weight is 201 g/mol. The fraction of sp³-hybridized carbons (Fsp3) is 0. The predicted octanol–water partition coefficient (Wildman–Crippen LogP) is 2.29. The summed E-state index contributed by atoms with van der Waals surface area (Å²) in [5.74, 6) is 0. The van der Waals surface area contributed by atoms with E-state index in [2.05, 4.69) is 25.1 Å². The van der Waals surface area contributed by atoms with E-state index in [1.165, 1.54) is 0 Å². The van der Waals surface area contributed by atoms with Gasteiger partial charge in [0, 0.05) is 6.57 Å². The van der Waals surface area contributed by atoms with Crippen LogP contribution in [-0.2, 0) is 17.1 Å². The molecule has 0 saturated carbocycles. The van der Waals surface area contributed by atoms with Gasteiger partial charge in [0.25, 0.3) is 0 Å². The monoisotopic (exact) mass is 200 g/mol. The van der Waals surface area contributed by atoms with Crippen LogP contribution in [0.4, 0.5) is 0 Å². The molecule has 1 rings (SSSR count). The topological polar surface area (TPSA) is 23.8 Å². The normalized spacial score (nSPS) is 4.60. The van der Waals surface area contributed by atoms with Crippen molar-refractivity contribution in [2.75, 3.05) is 0 Å². The Morgan fingerprint density at radius 2 is 2.00 bits per heavy atom. The summed E-state index contributed by atoms with van der Waals surface area (Å²) in [5.41, 5.74) is 0. The Hall–Kier alpha value is -0.551. The minimum Gasteiger partial charge on any atom is -0.521 e. The first-order valence-electron chi connectivity index (χ1n) is 2.06. The molecule has 10 heavy (non-hydrogen) atoms. The van der Waals surface area contributed by atoms with Gasteiger partial charge in [-0.1, -0.05) is 0 Å². The summed E-state index contributed by atoms with van der Waals surface area (Å²) < 4.78 is 0. The molecular weight excluding hydrogens is 194 g/mol. The van der Waals surface area contributed by atoms with Gasteiger partial charge in [-0.3, -0.25) is 6.58 Å². The van der Waals surface area contributed by atoms with Crippen molar-refractivity contribution in [3.8, 4) is 6.57 Å². The van der Waals surface area contributed by atoms with Gasteiger partial charge in [0.05, 0.1) is 0 Å². The molecule has 1 aromatic heterocycles. The Morgan fingerprint density at radius 1 is 1.50 bits per heavy atom. The van der Waals surface area contributed by atoms with Crippen LogP contribution in [-0.4, -0.2) is 0 Å². The summed E-state index contributed by atoms with van der Waals surface area (Å²) in [6, 6.07) is 3.86. The number of hydrogen-bond donors (Lipinski definition) is 0. The van der Waals surface area contributed by atoms with Gasteiger partial charge in [-0.15, -0.1) is 5.38 Å². The molecule has 0 N–H and O–H groups in total. The van der Waals surface area contributed by atoms with Crippen LogP contribution in [0.5, 0.6) is 0 Å². The summed E-state index contributed by atoms with van der Waals surface area (Å²) in [5, 5.41) is 11.4. The second-order valence-corrected chi connectivity index (χ2v) is 1.47. The van der Waals surface area contributed by atoms with Gasteiger partial charge in [-0.2, -0.15) is 11.4 Å². The molecule has 0 aliphatic heterocycles. The van der Waals surface area contributed by atoms with Crippen LogP contribution in [0.25, 0.3) is 0 Å². The maximum Gasteiger partial charge on any atom is 2.00 e. The van der Waals surface area contributed by atoms with E-state index in [9.17, 15) is 0 Å². The molecule has 0 amide bonds. The average Bonchev–Trinajstić information content (AvgIpc) is 2.51. The van der Waals surface area contributed by atoms with Crippen LogP contribution >= 0.6 is 11.3 Å². The van der Waals surface area contributed by atoms with Crippen LogP contribution in [0.15, 0.2) is 24.1 Å². The van der Waals surface area contributed by atoms with Gasteiger partial charge >= 0.3 is 17.1 Å². The molecule has 0 saturated heterocycles. The van der Waals surface area contributed by atoms with Gasteiger partial charge in [0.1, 0.15) is 0 Å². The minimum atomic E-state index is 0. The number of rotatable bonds is 0. The van der Waals surface area contributed by atoms with Crippen molar-refractivity contribution >= 4 is 11.3 Å². The zero-order valence-electron chi connectivity index (χ0n) is 5.25. The Bertz CT molecular complexity index is 108. The quantitative estimate of drug-likeness (QED) is 0.466. The van der Waals surface area contributed by atoms with Crippen molar-refractivity contribution in [3.05, 3.63) is 36.1 Å². The standard InChI is InChI=1S/C4H3S.C2H3.CHN.Cu/c1-2-4-5-3-1;2*1-2;/h1-3H;1H,2H2;1H;/q2*-1;;+2. The molecule has 0 aromatic carbocycles. The number of hydrogen-bond acceptors (Lipinski definition) is 2. The molecule has 0 unspecified atom stereocenters. The van der Waals surface area contributed by atoms with Crippen molar-refractivity contribution in [2.45, 2.75) is 0 Å². The second kappa shape index (κ2) is 23.7. The summed E-state index contributed by atoms with van der Waals surface area (Å²) >= 11 is 1.59. The van der Waals surface area contributed by atoms with E-state index in [1.807, 2.05) is 17.5 Å². The first kappa shape index (κ1) is 16.2. The van der Waals surface area contributed by atoms with Crippen molar-refractivity contribution in [1.82, 2.24) is 0 Å². The third kappa shape index (κ3) is 15.7. The van der Waals surface area contributed by atoms with Gasteiger partial charge in [-0.05, 0) is 0 Å². The van der Waals surface area contributed by atoms with Crippen LogP contribution in [0.3, 0.4) is 0 Å². The van der Waals surface area contributed by atoms with E-state index >= 15 is 0 Å². The smallest absolute Gasteiger partial charge is 0.521 e. The Balaban J connectivity index is -0.0000000875. The van der Waals surface area contributed by atoms with Crippen molar-refractivity contribution in [2.24, 2.45) is 0 Å². The Kier molecular flexibility index (Phi) is 38.4. The van der Waals surface area contributed by atoms with Crippen molar-refractivity contribution < 1.29 is 17.1 Å². The second-order valence-electron chi connectivity index (χ2n) is 0.731. The minimum absolute atomic E-state index is 0. The molecule has 1 aromatic rings. The molecular formula is C7H7CuNS. The van der Waals surface area contributed by atoms with Gasteiger partial charge in [-0.25, -0.2) is 11.3 Å². The SMILES string of the molecule is C#N.[CH-]=C.[Cu+2].[c-]1cccs1. The molecule has 0 bridgehead atoms. The maximum absolute atomic E-state index is 6.50. The third-order valence-corrected chi connectivity index (χ3v) is 0.944. The largest absolute Gasteiger partial charge is 2.00 e. The molecule has 0 atom stereocenters. The first-order chi connectivity index (χ1) is 4.50. The van der Waals surface area contributed by atoms with E-state index in [0.717, 1.165) is 0 Å². The van der Waals surface area contributed by atoms with Gasteiger partial charge < -0.3 is 17.9 Å². The number of thiophene rings is 1. The third-order valence-electron chi connectivity index (χ3n) is 0.379. The van der Waals surface area contributed by atoms with Crippen LogP contribution in [0, 0.1) is 23.8 Å². The Labute approximate surface area is 76.5 Å². The number of nitriles is 1. The number of nitrogens with zero attached hydrogens (tertiary/aromatic N) is 1. The summed E-state index contributed by atoms with van der Waals surface area (Å²) in [6.45, 7) is 10.5. The van der Waals surface area contributed by atoms with Gasteiger partial charge in [0.15, 0.2) is 0 Å². The van der Waals surface area contributed by atoms with Crippen LogP contribution < -0.4 is 0 Å². The van der Waals surface area contributed by atoms with Crippen molar-refractivity contribution in [1.29, 1.82) is 5.26 Å². The van der Waals surface area contributed by atoms with Crippen LogP contribution in [0.1, 0.15) is 0 Å². The zero-order chi connectivity index (χ0) is 7.54. The van der Waals surface area contributed by atoms with Gasteiger partial charge in [0.2, 0.25) is 0 Å². The molecule has 1 radical (unpaired) electrons. The predicted molar refractivity (Wildman–Crippen MR) is 39.8 cm³/mol. The van der Waals surface area contributed by atoms with E-state index in [-0.39, 0.29) is 17.1 Å².